The zero-order valence-corrected chi connectivity index (χ0v) is 22.2. The number of aliphatic imine (C=N–C) groups is 1. The van der Waals surface area contributed by atoms with Crippen molar-refractivity contribution >= 4 is 57.8 Å². The first-order valence-corrected chi connectivity index (χ1v) is 12.3. The number of aryl methyl sites for hydroxylation is 1. The van der Waals surface area contributed by atoms with Gasteiger partial charge in [-0.05, 0) is 90.0 Å². The van der Waals surface area contributed by atoms with Crippen molar-refractivity contribution < 1.29 is 23.9 Å². The van der Waals surface area contributed by atoms with Crippen molar-refractivity contribution in [2.24, 2.45) is 4.99 Å². The topological polar surface area (TPSA) is 100 Å². The molecular weight excluding hydrogens is 599 g/mol. The van der Waals surface area contributed by atoms with Gasteiger partial charge in [0, 0.05) is 22.2 Å². The molecule has 0 radical (unpaired) electrons. The van der Waals surface area contributed by atoms with Gasteiger partial charge in [-0.3, -0.25) is 10.1 Å². The van der Waals surface area contributed by atoms with Crippen molar-refractivity contribution in [3.05, 3.63) is 101 Å². The number of nitrogens with zero attached hydrogens (tertiary/aromatic N) is 2. The minimum atomic E-state index is -0.614. The van der Waals surface area contributed by atoms with Gasteiger partial charge in [0.2, 0.25) is 5.90 Å². The summed E-state index contributed by atoms with van der Waals surface area (Å²) in [4.78, 5) is 27.4. The third-order valence-electron chi connectivity index (χ3n) is 5.19. The predicted octanol–water partition coefficient (Wildman–Crippen LogP) is 6.48. The Morgan fingerprint density at radius 3 is 2.56 bits per heavy atom. The van der Waals surface area contributed by atoms with Crippen LogP contribution in [-0.4, -0.2) is 23.4 Å². The van der Waals surface area contributed by atoms with Crippen LogP contribution in [0.1, 0.15) is 29.2 Å². The molecule has 0 atom stereocenters. The van der Waals surface area contributed by atoms with Crippen LogP contribution in [-0.2, 0) is 16.1 Å². The van der Waals surface area contributed by atoms with Crippen LogP contribution < -0.4 is 9.47 Å². The molecule has 1 heterocycles. The van der Waals surface area contributed by atoms with Gasteiger partial charge < -0.3 is 14.2 Å². The van der Waals surface area contributed by atoms with Crippen molar-refractivity contribution in [1.82, 2.24) is 0 Å². The molecule has 0 spiro atoms. The number of ether oxygens (including phenoxy) is 3. The first-order chi connectivity index (χ1) is 17.2. The van der Waals surface area contributed by atoms with E-state index in [0.717, 1.165) is 9.13 Å². The Bertz CT molecular complexity index is 1400. The van der Waals surface area contributed by atoms with Crippen LogP contribution >= 0.6 is 34.2 Å². The molecule has 0 aliphatic carbocycles. The number of hydrogen-bond acceptors (Lipinski definition) is 7. The molecule has 0 saturated carbocycles. The number of benzene rings is 3. The number of esters is 1. The van der Waals surface area contributed by atoms with E-state index < -0.39 is 10.9 Å². The smallest absolute Gasteiger partial charge is 0.363 e. The molecule has 8 nitrogen and oxygen atoms in total. The van der Waals surface area contributed by atoms with Crippen molar-refractivity contribution in [3.8, 4) is 11.5 Å². The fraction of sp³-hybridized carbons (Fsp3) is 0.154. The zero-order valence-electron chi connectivity index (χ0n) is 19.3. The lowest BCUT2D eigenvalue weighted by Crippen LogP contribution is -2.06. The molecular formula is C26H20ClIN2O6. The van der Waals surface area contributed by atoms with Gasteiger partial charge in [0.05, 0.1) is 15.1 Å². The molecule has 0 amide bonds. The van der Waals surface area contributed by atoms with E-state index in [9.17, 15) is 14.9 Å². The molecule has 0 bridgehead atoms. The maximum Gasteiger partial charge on any atom is 0.363 e. The van der Waals surface area contributed by atoms with Gasteiger partial charge in [-0.2, -0.15) is 0 Å². The molecule has 36 heavy (non-hydrogen) atoms. The van der Waals surface area contributed by atoms with E-state index in [1.165, 1.54) is 12.1 Å². The van der Waals surface area contributed by atoms with Gasteiger partial charge in [-0.15, -0.1) is 0 Å². The third-order valence-corrected chi connectivity index (χ3v) is 6.25. The highest BCUT2D eigenvalue weighted by Gasteiger charge is 2.26. The predicted molar refractivity (Wildman–Crippen MR) is 145 cm³/mol. The summed E-state index contributed by atoms with van der Waals surface area (Å²) in [6.07, 6.45) is 1.60. The van der Waals surface area contributed by atoms with E-state index >= 15 is 0 Å². The molecule has 1 aliphatic rings. The van der Waals surface area contributed by atoms with Crippen LogP contribution in [0.4, 0.5) is 5.69 Å². The second-order valence-corrected chi connectivity index (χ2v) is 9.37. The van der Waals surface area contributed by atoms with Crippen LogP contribution in [0.2, 0.25) is 5.02 Å². The molecule has 0 aromatic heterocycles. The number of hydrogen-bond donors (Lipinski definition) is 0. The van der Waals surface area contributed by atoms with E-state index in [0.29, 0.717) is 46.4 Å². The maximum absolute atomic E-state index is 12.5. The molecule has 0 N–H and O–H groups in total. The quantitative estimate of drug-likeness (QED) is 0.0942. The SMILES string of the molecule is CCOc1cc(/C=C2\N=C(c3ccc([N+](=O)[O-])c(C)c3)OC2=O)cc(I)c1OCc1ccc(Cl)cc1. The number of halogens is 2. The number of rotatable bonds is 8. The Balaban J connectivity index is 1.60. The van der Waals surface area contributed by atoms with Gasteiger partial charge in [0.1, 0.15) is 6.61 Å². The summed E-state index contributed by atoms with van der Waals surface area (Å²) in [5, 5.41) is 11.7. The molecule has 3 aromatic carbocycles. The first kappa shape index (κ1) is 25.6. The van der Waals surface area contributed by atoms with Gasteiger partial charge >= 0.3 is 5.97 Å². The Hall–Kier alpha value is -3.44. The van der Waals surface area contributed by atoms with Gasteiger partial charge in [-0.1, -0.05) is 23.7 Å². The zero-order chi connectivity index (χ0) is 25.8. The van der Waals surface area contributed by atoms with Gasteiger partial charge in [0.25, 0.3) is 5.69 Å². The first-order valence-electron chi connectivity index (χ1n) is 10.9. The molecule has 10 heteroatoms. The summed E-state index contributed by atoms with van der Waals surface area (Å²) in [6, 6.07) is 15.4. The minimum Gasteiger partial charge on any atom is -0.490 e. The van der Waals surface area contributed by atoms with Crippen molar-refractivity contribution in [2.45, 2.75) is 20.5 Å². The number of carbonyl (C=O) groups is 1. The summed E-state index contributed by atoms with van der Waals surface area (Å²) >= 11 is 8.11. The summed E-state index contributed by atoms with van der Waals surface area (Å²) in [6.45, 7) is 4.25. The van der Waals surface area contributed by atoms with E-state index in [2.05, 4.69) is 27.6 Å². The van der Waals surface area contributed by atoms with Crippen LogP contribution in [0.15, 0.2) is 65.3 Å². The van der Waals surface area contributed by atoms with Crippen LogP contribution in [0.3, 0.4) is 0 Å². The summed E-state index contributed by atoms with van der Waals surface area (Å²) in [7, 11) is 0. The van der Waals surface area contributed by atoms with Crippen molar-refractivity contribution in [3.63, 3.8) is 0 Å². The Morgan fingerprint density at radius 2 is 1.89 bits per heavy atom. The second kappa shape index (κ2) is 11.1. The molecule has 1 aliphatic heterocycles. The van der Waals surface area contributed by atoms with Crippen LogP contribution in [0, 0.1) is 20.6 Å². The Labute approximate surface area is 225 Å². The highest BCUT2D eigenvalue weighted by molar-refractivity contribution is 14.1. The average molecular weight is 619 g/mol. The fourth-order valence-electron chi connectivity index (χ4n) is 3.49. The number of cyclic esters (lactones) is 1. The van der Waals surface area contributed by atoms with Gasteiger partial charge in [0.15, 0.2) is 17.2 Å². The van der Waals surface area contributed by atoms with Crippen LogP contribution in [0.25, 0.3) is 6.08 Å². The fourth-order valence-corrected chi connectivity index (χ4v) is 4.40. The highest BCUT2D eigenvalue weighted by atomic mass is 127. The van der Waals surface area contributed by atoms with Crippen molar-refractivity contribution in [2.75, 3.05) is 6.61 Å². The summed E-state index contributed by atoms with van der Waals surface area (Å²) < 4.78 is 18.0. The normalized spacial score (nSPS) is 13.9. The summed E-state index contributed by atoms with van der Waals surface area (Å²) in [5.74, 6) is 0.602. The number of carbonyl (C=O) groups excluding carboxylic acids is 1. The Kier molecular flexibility index (Phi) is 7.90. The van der Waals surface area contributed by atoms with Crippen LogP contribution in [0.5, 0.6) is 11.5 Å². The van der Waals surface area contributed by atoms with Gasteiger partial charge in [-0.25, -0.2) is 9.79 Å². The molecule has 4 rings (SSSR count). The monoisotopic (exact) mass is 618 g/mol. The molecule has 3 aromatic rings. The molecule has 184 valence electrons. The largest absolute Gasteiger partial charge is 0.490 e. The molecule has 0 unspecified atom stereocenters. The highest BCUT2D eigenvalue weighted by Crippen LogP contribution is 2.36. The van der Waals surface area contributed by atoms with Crippen molar-refractivity contribution in [1.29, 1.82) is 0 Å². The third kappa shape index (κ3) is 5.85. The van der Waals surface area contributed by atoms with E-state index in [-0.39, 0.29) is 17.3 Å². The summed E-state index contributed by atoms with van der Waals surface area (Å²) in [5.41, 5.74) is 2.65. The lowest BCUT2D eigenvalue weighted by molar-refractivity contribution is -0.385. The van der Waals surface area contributed by atoms with E-state index in [1.807, 2.05) is 25.1 Å². The molecule has 0 fully saturated rings. The Morgan fingerprint density at radius 1 is 1.14 bits per heavy atom. The lowest BCUT2D eigenvalue weighted by atomic mass is 10.1. The number of nitro benzene ring substituents is 1. The lowest BCUT2D eigenvalue weighted by Gasteiger charge is -2.15. The number of nitro groups is 1. The second-order valence-electron chi connectivity index (χ2n) is 7.77. The van der Waals surface area contributed by atoms with E-state index in [4.69, 9.17) is 25.8 Å². The average Bonchev–Trinajstić information content (AvgIpc) is 3.19. The minimum absolute atomic E-state index is 0.0177. The maximum atomic E-state index is 12.5. The molecule has 0 saturated heterocycles. The van der Waals surface area contributed by atoms with E-state index in [1.54, 1.807) is 37.3 Å². The standard InChI is InChI=1S/C26H20ClIN2O6/c1-3-34-23-13-17(11-20(28)24(23)35-14-16-4-7-19(27)8-5-16)12-21-26(31)36-25(29-21)18-6-9-22(30(32)33)15(2)10-18/h4-13H,3,14H2,1-2H3/b21-12-.